The topological polar surface area (TPSA) is 49.3 Å². The lowest BCUT2D eigenvalue weighted by molar-refractivity contribution is -0.139. The van der Waals surface area contributed by atoms with Crippen LogP contribution in [0.4, 0.5) is 0 Å². The van der Waals surface area contributed by atoms with Gasteiger partial charge in [-0.15, -0.1) is 12.3 Å². The highest BCUT2D eigenvalue weighted by Crippen LogP contribution is 2.05. The van der Waals surface area contributed by atoms with Gasteiger partial charge in [0.25, 0.3) is 0 Å². The van der Waals surface area contributed by atoms with E-state index >= 15 is 0 Å². The maximum Gasteiger partial charge on any atom is 0.320 e. The van der Waals surface area contributed by atoms with Crippen LogP contribution in [-0.4, -0.2) is 23.2 Å². The Kier molecular flexibility index (Phi) is 7.75. The number of aliphatic carboxylic acids is 1. The van der Waals surface area contributed by atoms with Crippen LogP contribution in [0, 0.1) is 12.3 Å². The summed E-state index contributed by atoms with van der Waals surface area (Å²) in [4.78, 5) is 10.9. The van der Waals surface area contributed by atoms with Gasteiger partial charge < -0.3 is 10.4 Å². The molecule has 0 saturated heterocycles. The normalized spacial score (nSPS) is 14.2. The Balaban J connectivity index is 4.13. The second kappa shape index (κ2) is 8.31. The smallest absolute Gasteiger partial charge is 0.320 e. The van der Waals surface area contributed by atoms with Gasteiger partial charge in [-0.1, -0.05) is 26.7 Å². The summed E-state index contributed by atoms with van der Waals surface area (Å²) < 4.78 is 0. The maximum atomic E-state index is 10.9. The maximum absolute atomic E-state index is 10.9. The fourth-order valence-electron chi connectivity index (χ4n) is 1.43. The van der Waals surface area contributed by atoms with E-state index in [4.69, 9.17) is 11.5 Å². The van der Waals surface area contributed by atoms with E-state index < -0.39 is 12.0 Å². The predicted molar refractivity (Wildman–Crippen MR) is 61.6 cm³/mol. The molecular formula is C12H21NO2. The Hall–Kier alpha value is -1.01. The summed E-state index contributed by atoms with van der Waals surface area (Å²) in [6, 6.07) is -0.337. The average Bonchev–Trinajstić information content (AvgIpc) is 2.22. The van der Waals surface area contributed by atoms with E-state index in [0.29, 0.717) is 12.8 Å². The van der Waals surface area contributed by atoms with Crippen LogP contribution in [0.1, 0.15) is 46.0 Å². The molecular weight excluding hydrogens is 190 g/mol. The number of hydrogen-bond donors (Lipinski definition) is 2. The first-order valence-corrected chi connectivity index (χ1v) is 5.57. The lowest BCUT2D eigenvalue weighted by atomic mass is 10.1. The zero-order chi connectivity index (χ0) is 11.7. The fraction of sp³-hybridized carbons (Fsp3) is 0.750. The van der Waals surface area contributed by atoms with Crippen molar-refractivity contribution in [3.63, 3.8) is 0 Å². The molecule has 2 N–H and O–H groups in total. The van der Waals surface area contributed by atoms with Crippen molar-refractivity contribution in [3.8, 4) is 12.3 Å². The van der Waals surface area contributed by atoms with Crippen LogP contribution < -0.4 is 5.32 Å². The van der Waals surface area contributed by atoms with Crippen LogP contribution >= 0.6 is 0 Å². The lowest BCUT2D eigenvalue weighted by Crippen LogP contribution is -2.43. The van der Waals surface area contributed by atoms with Crippen LogP contribution in [0.2, 0.25) is 0 Å². The van der Waals surface area contributed by atoms with Crippen LogP contribution in [0.15, 0.2) is 0 Å². The Morgan fingerprint density at radius 3 is 2.60 bits per heavy atom. The Morgan fingerprint density at radius 2 is 2.20 bits per heavy atom. The van der Waals surface area contributed by atoms with Crippen molar-refractivity contribution in [3.05, 3.63) is 0 Å². The van der Waals surface area contributed by atoms with Gasteiger partial charge in [-0.2, -0.15) is 0 Å². The number of hydrogen-bond acceptors (Lipinski definition) is 2. The highest BCUT2D eigenvalue weighted by Gasteiger charge is 2.19. The third kappa shape index (κ3) is 6.14. The largest absolute Gasteiger partial charge is 0.480 e. The first kappa shape index (κ1) is 14.0. The molecule has 2 unspecified atom stereocenters. The first-order chi connectivity index (χ1) is 7.15. The second-order valence-electron chi connectivity index (χ2n) is 3.71. The zero-order valence-corrected chi connectivity index (χ0v) is 9.62. The van der Waals surface area contributed by atoms with Crippen molar-refractivity contribution in [2.45, 2.75) is 58.0 Å². The number of carboxylic acids is 1. The molecule has 0 aliphatic carbocycles. The summed E-state index contributed by atoms with van der Waals surface area (Å²) in [5, 5.41) is 12.1. The second-order valence-corrected chi connectivity index (χ2v) is 3.71. The van der Waals surface area contributed by atoms with Crippen LogP contribution in [-0.2, 0) is 4.79 Å². The molecule has 0 fully saturated rings. The molecule has 0 saturated carbocycles. The summed E-state index contributed by atoms with van der Waals surface area (Å²) in [6.07, 6.45) is 9.28. The number of carboxylic acid groups (broad SMARTS) is 1. The Labute approximate surface area is 92.3 Å². The first-order valence-electron chi connectivity index (χ1n) is 5.57. The van der Waals surface area contributed by atoms with Crippen LogP contribution in [0.5, 0.6) is 0 Å². The van der Waals surface area contributed by atoms with E-state index in [-0.39, 0.29) is 6.04 Å². The van der Waals surface area contributed by atoms with Crippen LogP contribution in [0.25, 0.3) is 0 Å². The van der Waals surface area contributed by atoms with Crippen molar-refractivity contribution >= 4 is 5.97 Å². The minimum atomic E-state index is -0.779. The van der Waals surface area contributed by atoms with E-state index in [0.717, 1.165) is 19.3 Å². The molecule has 0 aliphatic heterocycles. The summed E-state index contributed by atoms with van der Waals surface area (Å²) in [5.74, 6) is 1.78. The van der Waals surface area contributed by atoms with Gasteiger partial charge in [0, 0.05) is 12.5 Å². The number of terminal acetylenes is 1. The summed E-state index contributed by atoms with van der Waals surface area (Å²) in [7, 11) is 0. The van der Waals surface area contributed by atoms with Gasteiger partial charge in [-0.05, 0) is 12.8 Å². The van der Waals surface area contributed by atoms with E-state index in [2.05, 4.69) is 18.2 Å². The third-order valence-electron chi connectivity index (χ3n) is 2.44. The molecule has 0 amide bonds. The van der Waals surface area contributed by atoms with Crippen molar-refractivity contribution in [2.75, 3.05) is 0 Å². The summed E-state index contributed by atoms with van der Waals surface area (Å²) >= 11 is 0. The fourth-order valence-corrected chi connectivity index (χ4v) is 1.43. The van der Waals surface area contributed by atoms with Gasteiger partial charge >= 0.3 is 5.97 Å². The summed E-state index contributed by atoms with van der Waals surface area (Å²) in [5.41, 5.74) is 0. The average molecular weight is 211 g/mol. The van der Waals surface area contributed by atoms with Crippen molar-refractivity contribution < 1.29 is 9.90 Å². The number of unbranched alkanes of at least 4 members (excludes halogenated alkanes) is 1. The summed E-state index contributed by atoms with van der Waals surface area (Å²) in [6.45, 7) is 4.06. The molecule has 3 nitrogen and oxygen atoms in total. The molecule has 3 heteroatoms. The zero-order valence-electron chi connectivity index (χ0n) is 9.62. The number of nitrogens with one attached hydrogen (secondary N) is 1. The third-order valence-corrected chi connectivity index (χ3v) is 2.44. The highest BCUT2D eigenvalue weighted by atomic mass is 16.4. The standard InChI is InChI=1S/C12H21NO2/c1-4-7-9-11(12(14)15)13-10(6-3)8-5-2/h2,10-11,13H,4,6-9H2,1,3H3,(H,14,15). The Bertz CT molecular complexity index is 220. The van der Waals surface area contributed by atoms with Crippen molar-refractivity contribution in [1.29, 1.82) is 0 Å². The molecule has 0 aromatic carbocycles. The molecule has 0 rings (SSSR count). The van der Waals surface area contributed by atoms with Gasteiger partial charge in [0.15, 0.2) is 0 Å². The molecule has 0 aromatic heterocycles. The van der Waals surface area contributed by atoms with E-state index in [1.165, 1.54) is 0 Å². The molecule has 0 heterocycles. The molecule has 0 bridgehead atoms. The molecule has 0 aromatic rings. The minimum Gasteiger partial charge on any atom is -0.480 e. The van der Waals surface area contributed by atoms with Gasteiger partial charge in [-0.25, -0.2) is 0 Å². The number of carbonyl (C=O) groups is 1. The SMILES string of the molecule is C#CCC(CC)NC(CCCC)C(=O)O. The highest BCUT2D eigenvalue weighted by molar-refractivity contribution is 5.73. The van der Waals surface area contributed by atoms with Crippen molar-refractivity contribution in [1.82, 2.24) is 5.32 Å². The van der Waals surface area contributed by atoms with Gasteiger partial charge in [0.05, 0.1) is 0 Å². The Morgan fingerprint density at radius 1 is 1.53 bits per heavy atom. The lowest BCUT2D eigenvalue weighted by Gasteiger charge is -2.20. The molecule has 0 spiro atoms. The number of rotatable bonds is 8. The monoisotopic (exact) mass is 211 g/mol. The molecule has 2 atom stereocenters. The van der Waals surface area contributed by atoms with Gasteiger partial charge in [0.1, 0.15) is 6.04 Å². The molecule has 86 valence electrons. The minimum absolute atomic E-state index is 0.118. The van der Waals surface area contributed by atoms with E-state index in [1.807, 2.05) is 6.92 Å². The quantitative estimate of drug-likeness (QED) is 0.604. The van der Waals surface area contributed by atoms with Crippen molar-refractivity contribution in [2.24, 2.45) is 0 Å². The van der Waals surface area contributed by atoms with Gasteiger partial charge in [-0.3, -0.25) is 4.79 Å². The molecule has 0 aliphatic rings. The predicted octanol–water partition coefficient (Wildman–Crippen LogP) is 2.02. The molecule has 15 heavy (non-hydrogen) atoms. The molecule has 0 radical (unpaired) electrons. The van der Waals surface area contributed by atoms with Crippen LogP contribution in [0.3, 0.4) is 0 Å². The van der Waals surface area contributed by atoms with E-state index in [1.54, 1.807) is 0 Å². The van der Waals surface area contributed by atoms with E-state index in [9.17, 15) is 4.79 Å². The van der Waals surface area contributed by atoms with Gasteiger partial charge in [0.2, 0.25) is 0 Å².